The van der Waals surface area contributed by atoms with Crippen LogP contribution in [0.15, 0.2) is 24.3 Å². The topological polar surface area (TPSA) is 75.9 Å². The van der Waals surface area contributed by atoms with Crippen molar-refractivity contribution < 1.29 is 14.3 Å². The van der Waals surface area contributed by atoms with Gasteiger partial charge in [0.1, 0.15) is 5.75 Å². The number of likely N-dealkylation sites (tertiary alicyclic amines) is 1. The molecule has 1 aromatic carbocycles. The Balaban J connectivity index is 0.00000243. The first-order chi connectivity index (χ1) is 11.8. The van der Waals surface area contributed by atoms with Gasteiger partial charge in [-0.05, 0) is 24.0 Å². The second-order valence-corrected chi connectivity index (χ2v) is 7.72. The van der Waals surface area contributed by atoms with Crippen molar-refractivity contribution >= 4 is 29.9 Å². The number of hydrogen-bond acceptors (Lipinski definition) is 4. The SMILES string of the molecule is COc1ccccc1N1CC(C(=O)N2CCC(N)C(C)(C)C2)CC1=O.Cl. The molecular weight excluding hydrogens is 354 g/mol. The van der Waals surface area contributed by atoms with Crippen molar-refractivity contribution in [3.05, 3.63) is 24.3 Å². The Bertz CT molecular complexity index is 680. The fourth-order valence-electron chi connectivity index (χ4n) is 3.78. The van der Waals surface area contributed by atoms with E-state index in [9.17, 15) is 9.59 Å². The van der Waals surface area contributed by atoms with Gasteiger partial charge in [-0.25, -0.2) is 0 Å². The highest BCUT2D eigenvalue weighted by Crippen LogP contribution is 2.34. The molecule has 2 aliphatic rings. The van der Waals surface area contributed by atoms with Gasteiger partial charge in [0, 0.05) is 32.1 Å². The summed E-state index contributed by atoms with van der Waals surface area (Å²) in [7, 11) is 1.58. The molecule has 2 atom stereocenters. The average molecular weight is 382 g/mol. The number of halogens is 1. The summed E-state index contributed by atoms with van der Waals surface area (Å²) in [5, 5.41) is 0. The van der Waals surface area contributed by atoms with Crippen molar-refractivity contribution in [2.24, 2.45) is 17.1 Å². The number of carbonyl (C=O) groups is 2. The highest BCUT2D eigenvalue weighted by molar-refractivity contribution is 6.01. The minimum atomic E-state index is -0.303. The van der Waals surface area contributed by atoms with Crippen molar-refractivity contribution in [1.29, 1.82) is 0 Å². The van der Waals surface area contributed by atoms with E-state index in [1.807, 2.05) is 29.2 Å². The summed E-state index contributed by atoms with van der Waals surface area (Å²) >= 11 is 0. The highest BCUT2D eigenvalue weighted by Gasteiger charge is 2.41. The van der Waals surface area contributed by atoms with Crippen LogP contribution < -0.4 is 15.4 Å². The summed E-state index contributed by atoms with van der Waals surface area (Å²) in [6, 6.07) is 7.52. The number of benzene rings is 1. The summed E-state index contributed by atoms with van der Waals surface area (Å²) < 4.78 is 5.35. The Morgan fingerprint density at radius 2 is 2.00 bits per heavy atom. The molecule has 2 aliphatic heterocycles. The maximum atomic E-state index is 12.9. The molecule has 26 heavy (non-hydrogen) atoms. The van der Waals surface area contributed by atoms with Crippen molar-refractivity contribution in [1.82, 2.24) is 4.90 Å². The Hall–Kier alpha value is -1.79. The lowest BCUT2D eigenvalue weighted by atomic mass is 9.79. The number of anilines is 1. The fraction of sp³-hybridized carbons (Fsp3) is 0.579. The van der Waals surface area contributed by atoms with Crippen LogP contribution in [0.3, 0.4) is 0 Å². The zero-order valence-corrected chi connectivity index (χ0v) is 16.4. The number of methoxy groups -OCH3 is 1. The number of ether oxygens (including phenoxy) is 1. The number of para-hydroxylation sites is 2. The highest BCUT2D eigenvalue weighted by atomic mass is 35.5. The Kier molecular flexibility index (Phi) is 6.19. The van der Waals surface area contributed by atoms with Crippen molar-refractivity contribution in [3.8, 4) is 5.75 Å². The number of carbonyl (C=O) groups excluding carboxylic acids is 2. The zero-order valence-electron chi connectivity index (χ0n) is 15.6. The number of amides is 2. The molecule has 2 heterocycles. The second kappa shape index (κ2) is 7.84. The number of rotatable bonds is 3. The standard InChI is InChI=1S/C19H27N3O3.ClH/c1-19(2)12-21(9-8-16(19)20)18(24)13-10-17(23)22(11-13)14-6-4-5-7-15(14)25-3;/h4-7,13,16H,8-12,20H2,1-3H3;1H. The van der Waals surface area contributed by atoms with E-state index in [-0.39, 0.29) is 48.0 Å². The lowest BCUT2D eigenvalue weighted by Crippen LogP contribution is -2.55. The molecule has 2 unspecified atom stereocenters. The van der Waals surface area contributed by atoms with Crippen LogP contribution in [-0.4, -0.2) is 49.5 Å². The van der Waals surface area contributed by atoms with E-state index in [2.05, 4.69) is 13.8 Å². The van der Waals surface area contributed by atoms with Crippen LogP contribution in [0, 0.1) is 11.3 Å². The van der Waals surface area contributed by atoms with E-state index in [1.54, 1.807) is 12.0 Å². The average Bonchev–Trinajstić information content (AvgIpc) is 2.98. The van der Waals surface area contributed by atoms with Crippen molar-refractivity contribution in [2.45, 2.75) is 32.7 Å². The van der Waals surface area contributed by atoms with Gasteiger partial charge in [-0.1, -0.05) is 26.0 Å². The summed E-state index contributed by atoms with van der Waals surface area (Å²) in [5.41, 5.74) is 6.80. The Morgan fingerprint density at radius 3 is 2.65 bits per heavy atom. The van der Waals surface area contributed by atoms with E-state index in [4.69, 9.17) is 10.5 Å². The maximum absolute atomic E-state index is 12.9. The van der Waals surface area contributed by atoms with E-state index in [0.717, 1.165) is 12.1 Å². The van der Waals surface area contributed by atoms with Crippen LogP contribution in [0.25, 0.3) is 0 Å². The third kappa shape index (κ3) is 3.81. The van der Waals surface area contributed by atoms with Crippen LogP contribution >= 0.6 is 12.4 Å². The molecule has 0 saturated carbocycles. The molecule has 0 spiro atoms. The first-order valence-corrected chi connectivity index (χ1v) is 8.81. The van der Waals surface area contributed by atoms with Crippen LogP contribution in [0.4, 0.5) is 5.69 Å². The largest absolute Gasteiger partial charge is 0.495 e. The van der Waals surface area contributed by atoms with Gasteiger partial charge in [0.05, 0.1) is 18.7 Å². The van der Waals surface area contributed by atoms with Crippen molar-refractivity contribution in [3.63, 3.8) is 0 Å². The zero-order chi connectivity index (χ0) is 18.2. The van der Waals surface area contributed by atoms with Crippen LogP contribution in [0.2, 0.25) is 0 Å². The van der Waals surface area contributed by atoms with Gasteiger partial charge in [-0.2, -0.15) is 0 Å². The molecule has 7 heteroatoms. The quantitative estimate of drug-likeness (QED) is 0.869. The second-order valence-electron chi connectivity index (χ2n) is 7.72. The molecule has 6 nitrogen and oxygen atoms in total. The number of nitrogens with zero attached hydrogens (tertiary/aromatic N) is 2. The molecule has 0 aromatic heterocycles. The monoisotopic (exact) mass is 381 g/mol. The molecule has 0 bridgehead atoms. The Morgan fingerprint density at radius 1 is 1.31 bits per heavy atom. The van der Waals surface area contributed by atoms with Crippen LogP contribution in [0.5, 0.6) is 5.75 Å². The lowest BCUT2D eigenvalue weighted by Gasteiger charge is -2.43. The molecule has 0 radical (unpaired) electrons. The molecular formula is C19H28ClN3O3. The van der Waals surface area contributed by atoms with Gasteiger partial charge in [-0.3, -0.25) is 9.59 Å². The van der Waals surface area contributed by atoms with E-state index >= 15 is 0 Å². The maximum Gasteiger partial charge on any atom is 0.228 e. The van der Waals surface area contributed by atoms with Crippen molar-refractivity contribution in [2.75, 3.05) is 31.6 Å². The summed E-state index contributed by atoms with van der Waals surface area (Å²) in [6.45, 7) is 5.91. The minimum absolute atomic E-state index is 0. The van der Waals surface area contributed by atoms with Gasteiger partial charge < -0.3 is 20.3 Å². The lowest BCUT2D eigenvalue weighted by molar-refractivity contribution is -0.139. The van der Waals surface area contributed by atoms with Gasteiger partial charge in [-0.15, -0.1) is 12.4 Å². The summed E-state index contributed by atoms with van der Waals surface area (Å²) in [5.74, 6) is 0.373. The fourth-order valence-corrected chi connectivity index (χ4v) is 3.78. The third-order valence-corrected chi connectivity index (χ3v) is 5.47. The number of piperidine rings is 1. The predicted molar refractivity (Wildman–Crippen MR) is 104 cm³/mol. The molecule has 2 N–H and O–H groups in total. The predicted octanol–water partition coefficient (Wildman–Crippen LogP) is 2.06. The first-order valence-electron chi connectivity index (χ1n) is 8.81. The molecule has 3 rings (SSSR count). The summed E-state index contributed by atoms with van der Waals surface area (Å²) in [6.07, 6.45) is 1.05. The van der Waals surface area contributed by atoms with Gasteiger partial charge in [0.25, 0.3) is 0 Å². The molecule has 2 fully saturated rings. The van der Waals surface area contributed by atoms with Gasteiger partial charge >= 0.3 is 0 Å². The molecule has 144 valence electrons. The summed E-state index contributed by atoms with van der Waals surface area (Å²) in [4.78, 5) is 29.0. The van der Waals surface area contributed by atoms with Crippen LogP contribution in [-0.2, 0) is 9.59 Å². The van der Waals surface area contributed by atoms with E-state index in [0.29, 0.717) is 25.4 Å². The Labute approximate surface area is 161 Å². The van der Waals surface area contributed by atoms with Gasteiger partial charge in [0.2, 0.25) is 11.8 Å². The molecule has 2 amide bonds. The smallest absolute Gasteiger partial charge is 0.228 e. The normalized spacial score (nSPS) is 25.0. The van der Waals surface area contributed by atoms with Gasteiger partial charge in [0.15, 0.2) is 0 Å². The molecule has 1 aromatic rings. The molecule has 0 aliphatic carbocycles. The van der Waals surface area contributed by atoms with Crippen LogP contribution in [0.1, 0.15) is 26.7 Å². The first kappa shape index (κ1) is 20.5. The molecule has 2 saturated heterocycles. The number of nitrogens with two attached hydrogens (primary N) is 1. The minimum Gasteiger partial charge on any atom is -0.495 e. The van der Waals surface area contributed by atoms with E-state index in [1.165, 1.54) is 0 Å². The number of hydrogen-bond donors (Lipinski definition) is 1. The van der Waals surface area contributed by atoms with E-state index < -0.39 is 0 Å². The third-order valence-electron chi connectivity index (χ3n) is 5.47.